The monoisotopic (exact) mass is 285 g/mol. The summed E-state index contributed by atoms with van der Waals surface area (Å²) in [5.74, 6) is 0. The molecule has 0 aliphatic rings. The van der Waals surface area contributed by atoms with Gasteiger partial charge in [-0.15, -0.1) is 0 Å². The van der Waals surface area contributed by atoms with Crippen LogP contribution in [0.3, 0.4) is 0 Å². The molecule has 0 fully saturated rings. The first kappa shape index (κ1) is 18.7. The molecule has 4 heteroatoms. The Balaban J connectivity index is 5.22. The van der Waals surface area contributed by atoms with Crippen LogP contribution in [-0.2, 0) is 0 Å². The third-order valence-electron chi connectivity index (χ3n) is 2.38. The van der Waals surface area contributed by atoms with Gasteiger partial charge in [0.15, 0.2) is 0 Å². The van der Waals surface area contributed by atoms with Gasteiger partial charge >= 0.3 is 0 Å². The molecule has 0 bridgehead atoms. The number of hydrogen-bond donors (Lipinski definition) is 3. The molecular formula is C15H35N3Si. The van der Waals surface area contributed by atoms with Crippen molar-refractivity contribution in [2.75, 3.05) is 0 Å². The predicted octanol–water partition coefficient (Wildman–Crippen LogP) is 1.68. The molecule has 0 aliphatic carbocycles. The van der Waals surface area contributed by atoms with Crippen LogP contribution in [0, 0.1) is 0 Å². The molecule has 0 rings (SSSR count). The Kier molecular flexibility index (Phi) is 5.49. The second-order valence-corrected chi connectivity index (χ2v) is 10.2. The topological polar surface area (TPSA) is 36.1 Å². The van der Waals surface area contributed by atoms with Crippen molar-refractivity contribution < 1.29 is 0 Å². The minimum Gasteiger partial charge on any atom is -0.382 e. The van der Waals surface area contributed by atoms with Crippen LogP contribution in [-0.4, -0.2) is 32.1 Å². The van der Waals surface area contributed by atoms with Crippen molar-refractivity contribution in [3.8, 4) is 0 Å². The normalized spacial score (nSPS) is 14.6. The third-order valence-corrected chi connectivity index (χ3v) is 3.48. The lowest BCUT2D eigenvalue weighted by atomic mass is 10.0. The molecule has 0 aromatic heterocycles. The van der Waals surface area contributed by atoms with Crippen molar-refractivity contribution in [3.63, 3.8) is 0 Å². The van der Waals surface area contributed by atoms with Gasteiger partial charge in [-0.3, -0.25) is 10.6 Å². The zero-order chi connectivity index (χ0) is 15.7. The Bertz CT molecular complexity index is 300. The van der Waals surface area contributed by atoms with Crippen LogP contribution in [0.15, 0.2) is 12.3 Å². The fourth-order valence-electron chi connectivity index (χ4n) is 2.26. The molecule has 0 aliphatic heterocycles. The summed E-state index contributed by atoms with van der Waals surface area (Å²) in [5, 5.41) is 10.7. The molecule has 0 saturated heterocycles. The van der Waals surface area contributed by atoms with Crippen LogP contribution >= 0.6 is 0 Å². The van der Waals surface area contributed by atoms with E-state index in [2.05, 4.69) is 84.8 Å². The highest BCUT2D eigenvalue weighted by molar-refractivity contribution is 6.17. The molecule has 19 heavy (non-hydrogen) atoms. The van der Waals surface area contributed by atoms with Gasteiger partial charge in [0.2, 0.25) is 0 Å². The summed E-state index contributed by atoms with van der Waals surface area (Å²) < 4.78 is 0. The maximum absolute atomic E-state index is 4.28. The molecule has 3 nitrogen and oxygen atoms in total. The van der Waals surface area contributed by atoms with E-state index in [1.165, 1.54) is 0 Å². The maximum atomic E-state index is 4.28. The predicted molar refractivity (Wildman–Crippen MR) is 90.5 cm³/mol. The Morgan fingerprint density at radius 3 is 1.26 bits per heavy atom. The van der Waals surface area contributed by atoms with Gasteiger partial charge in [-0.2, -0.15) is 0 Å². The molecule has 3 N–H and O–H groups in total. The van der Waals surface area contributed by atoms with E-state index < -0.39 is 0 Å². The SMILES string of the molecule is C=C(NC(C)(C)C)C([SiH3])(NC(C)(C)C)NC(C)(C)C. The molecule has 0 spiro atoms. The van der Waals surface area contributed by atoms with E-state index in [1.807, 2.05) is 0 Å². The summed E-state index contributed by atoms with van der Waals surface area (Å²) >= 11 is 0. The number of hydrogen-bond acceptors (Lipinski definition) is 3. The van der Waals surface area contributed by atoms with Crippen molar-refractivity contribution in [1.29, 1.82) is 0 Å². The smallest absolute Gasteiger partial charge is 0.0869 e. The molecule has 0 amide bonds. The van der Waals surface area contributed by atoms with Crippen molar-refractivity contribution in [2.24, 2.45) is 0 Å². The first-order valence-corrected chi connectivity index (χ1v) is 8.10. The highest BCUT2D eigenvalue weighted by atomic mass is 28.1. The van der Waals surface area contributed by atoms with Gasteiger partial charge in [-0.05, 0) is 62.3 Å². The molecule has 0 aromatic carbocycles. The first-order valence-electron chi connectivity index (χ1n) is 7.10. The van der Waals surface area contributed by atoms with Crippen LogP contribution in [0.5, 0.6) is 0 Å². The zero-order valence-electron chi connectivity index (χ0n) is 14.7. The van der Waals surface area contributed by atoms with Crippen molar-refractivity contribution in [1.82, 2.24) is 16.0 Å². The molecule has 0 unspecified atom stereocenters. The van der Waals surface area contributed by atoms with Crippen LogP contribution in [0.2, 0.25) is 0 Å². The highest BCUT2D eigenvalue weighted by Gasteiger charge is 2.35. The second-order valence-electron chi connectivity index (χ2n) is 8.73. The Labute approximate surface area is 123 Å². The van der Waals surface area contributed by atoms with E-state index in [0.29, 0.717) is 0 Å². The standard InChI is InChI=1S/C15H35N3Si/c1-11(16-12(2,3)4)15(19,17-13(5,6)7)18-14(8,9)10/h16-18H,1H2,2-10,19H3. The lowest BCUT2D eigenvalue weighted by molar-refractivity contribution is 0.240. The summed E-state index contributed by atoms with van der Waals surface area (Å²) in [4.78, 5) is 0. The van der Waals surface area contributed by atoms with E-state index in [-0.39, 0.29) is 21.9 Å². The largest absolute Gasteiger partial charge is 0.382 e. The van der Waals surface area contributed by atoms with Crippen LogP contribution in [0.4, 0.5) is 0 Å². The zero-order valence-corrected chi connectivity index (χ0v) is 16.7. The van der Waals surface area contributed by atoms with Gasteiger partial charge in [-0.25, -0.2) is 0 Å². The molecule has 0 radical (unpaired) electrons. The van der Waals surface area contributed by atoms with Crippen LogP contribution in [0.1, 0.15) is 62.3 Å². The van der Waals surface area contributed by atoms with Crippen LogP contribution < -0.4 is 16.0 Å². The van der Waals surface area contributed by atoms with Gasteiger partial charge in [0.05, 0.1) is 15.5 Å². The van der Waals surface area contributed by atoms with Gasteiger partial charge in [0.1, 0.15) is 0 Å². The number of rotatable bonds is 4. The van der Waals surface area contributed by atoms with Crippen molar-refractivity contribution in [3.05, 3.63) is 12.3 Å². The summed E-state index contributed by atoms with van der Waals surface area (Å²) in [5.41, 5.74) is 1.10. The maximum Gasteiger partial charge on any atom is 0.0869 e. The van der Waals surface area contributed by atoms with Crippen molar-refractivity contribution in [2.45, 2.75) is 84.2 Å². The highest BCUT2D eigenvalue weighted by Crippen LogP contribution is 2.18. The first-order chi connectivity index (χ1) is 8.04. The van der Waals surface area contributed by atoms with Crippen LogP contribution in [0.25, 0.3) is 0 Å². The van der Waals surface area contributed by atoms with E-state index in [0.717, 1.165) is 15.9 Å². The molecule has 0 atom stereocenters. The third kappa shape index (κ3) is 8.45. The quantitative estimate of drug-likeness (QED) is 0.543. The minimum atomic E-state index is -0.232. The number of nitrogens with one attached hydrogen (secondary N) is 3. The molecule has 114 valence electrons. The summed E-state index contributed by atoms with van der Waals surface area (Å²) in [6.07, 6.45) is 0. The average molecular weight is 286 g/mol. The molecule has 0 saturated carbocycles. The summed E-state index contributed by atoms with van der Waals surface area (Å²) in [7, 11) is 0.923. The Morgan fingerprint density at radius 1 is 0.737 bits per heavy atom. The molecular weight excluding hydrogens is 250 g/mol. The van der Waals surface area contributed by atoms with E-state index >= 15 is 0 Å². The van der Waals surface area contributed by atoms with Gasteiger partial charge < -0.3 is 5.32 Å². The average Bonchev–Trinajstić information content (AvgIpc) is 1.91. The van der Waals surface area contributed by atoms with E-state index in [4.69, 9.17) is 0 Å². The lowest BCUT2D eigenvalue weighted by Gasteiger charge is -2.46. The molecule has 0 heterocycles. The second kappa shape index (κ2) is 5.58. The summed E-state index contributed by atoms with van der Waals surface area (Å²) in [6, 6.07) is 0. The van der Waals surface area contributed by atoms with E-state index in [9.17, 15) is 0 Å². The van der Waals surface area contributed by atoms with E-state index in [1.54, 1.807) is 0 Å². The fourth-order valence-corrected chi connectivity index (χ4v) is 3.88. The fraction of sp³-hybridized carbons (Fsp3) is 0.867. The van der Waals surface area contributed by atoms with Gasteiger partial charge in [0.25, 0.3) is 0 Å². The van der Waals surface area contributed by atoms with Gasteiger partial charge in [-0.1, -0.05) is 6.58 Å². The van der Waals surface area contributed by atoms with Gasteiger partial charge in [0, 0.05) is 22.3 Å². The Morgan fingerprint density at radius 2 is 1.05 bits per heavy atom. The Hall–Kier alpha value is -0.323. The molecule has 0 aromatic rings. The summed E-state index contributed by atoms with van der Waals surface area (Å²) in [6.45, 7) is 23.9. The lowest BCUT2D eigenvalue weighted by Crippen LogP contribution is -2.70. The minimum absolute atomic E-state index is 0.0197. The van der Waals surface area contributed by atoms with Crippen molar-refractivity contribution >= 4 is 10.2 Å².